The molecule has 0 aliphatic carbocycles. The van der Waals surface area contributed by atoms with E-state index in [1.54, 1.807) is 0 Å². The van der Waals surface area contributed by atoms with Crippen LogP contribution in [-0.2, 0) is 0 Å². The number of aromatic nitrogens is 1. The number of hydrogen-bond acceptors (Lipinski definition) is 4. The van der Waals surface area contributed by atoms with Crippen LogP contribution < -0.4 is 0 Å². The lowest BCUT2D eigenvalue weighted by atomic mass is 10.1. The van der Waals surface area contributed by atoms with Crippen molar-refractivity contribution in [3.63, 3.8) is 0 Å². The highest BCUT2D eigenvalue weighted by molar-refractivity contribution is 7.08. The molecule has 0 saturated carbocycles. The molecule has 0 spiro atoms. The summed E-state index contributed by atoms with van der Waals surface area (Å²) >= 11 is 0.519. The van der Waals surface area contributed by atoms with Crippen LogP contribution in [-0.4, -0.2) is 26.5 Å². The molecule has 0 aliphatic heterocycles. The minimum Gasteiger partial charge on any atom is -0.478 e. The van der Waals surface area contributed by atoms with Crippen molar-refractivity contribution in [2.45, 2.75) is 0 Å². The summed E-state index contributed by atoms with van der Waals surface area (Å²) < 4.78 is 17.3. The van der Waals surface area contributed by atoms with Gasteiger partial charge in [0.1, 0.15) is 22.0 Å². The number of nitrogens with zero attached hydrogens (tertiary/aromatic N) is 1. The fraction of sp³-hybridized carbons (Fsp3) is 0. The summed E-state index contributed by atoms with van der Waals surface area (Å²) in [6.45, 7) is 0. The van der Waals surface area contributed by atoms with Gasteiger partial charge in [0.25, 0.3) is 0 Å². The third-order valence-corrected chi connectivity index (χ3v) is 3.06. The molecule has 0 bridgehead atoms. The average molecular weight is 267 g/mol. The quantitative estimate of drug-likeness (QED) is 0.891. The van der Waals surface area contributed by atoms with Crippen LogP contribution in [0.25, 0.3) is 11.3 Å². The first-order valence-electron chi connectivity index (χ1n) is 4.73. The monoisotopic (exact) mass is 267 g/mol. The van der Waals surface area contributed by atoms with E-state index >= 15 is 0 Å². The smallest absolute Gasteiger partial charge is 0.348 e. The Kier molecular flexibility index (Phi) is 3.07. The van der Waals surface area contributed by atoms with Crippen molar-refractivity contribution in [2.75, 3.05) is 0 Å². The van der Waals surface area contributed by atoms with Crippen LogP contribution in [0.15, 0.2) is 24.3 Å². The van der Waals surface area contributed by atoms with Crippen molar-refractivity contribution in [1.29, 1.82) is 0 Å². The zero-order chi connectivity index (χ0) is 13.3. The highest BCUT2D eigenvalue weighted by Gasteiger charge is 2.26. The molecule has 0 saturated heterocycles. The molecule has 7 heteroatoms. The first-order chi connectivity index (χ1) is 8.52. The van der Waals surface area contributed by atoms with E-state index in [-0.39, 0.29) is 11.3 Å². The Morgan fingerprint density at radius 1 is 1.17 bits per heavy atom. The minimum absolute atomic E-state index is 0.0290. The molecule has 18 heavy (non-hydrogen) atoms. The Hall–Kier alpha value is -2.28. The van der Waals surface area contributed by atoms with E-state index in [0.717, 1.165) is 6.07 Å². The lowest BCUT2D eigenvalue weighted by molar-refractivity contribution is 0.0656. The van der Waals surface area contributed by atoms with Crippen LogP contribution in [0.1, 0.15) is 20.0 Å². The number of carbonyl (C=O) groups is 2. The van der Waals surface area contributed by atoms with E-state index in [4.69, 9.17) is 10.2 Å². The van der Waals surface area contributed by atoms with Gasteiger partial charge in [-0.2, -0.15) is 4.37 Å². The third kappa shape index (κ3) is 1.95. The van der Waals surface area contributed by atoms with E-state index in [1.807, 2.05) is 0 Å². The highest BCUT2D eigenvalue weighted by Crippen LogP contribution is 2.30. The molecule has 0 aliphatic rings. The van der Waals surface area contributed by atoms with Crippen LogP contribution in [0.5, 0.6) is 0 Å². The van der Waals surface area contributed by atoms with Crippen LogP contribution in [0.4, 0.5) is 4.39 Å². The number of aromatic carboxylic acids is 2. The fourth-order valence-electron chi connectivity index (χ4n) is 1.47. The Morgan fingerprint density at radius 3 is 2.39 bits per heavy atom. The number of carboxylic acid groups (broad SMARTS) is 2. The summed E-state index contributed by atoms with van der Waals surface area (Å²) in [6.07, 6.45) is 0. The first-order valence-corrected chi connectivity index (χ1v) is 5.51. The van der Waals surface area contributed by atoms with Crippen LogP contribution in [0, 0.1) is 5.82 Å². The highest BCUT2D eigenvalue weighted by atomic mass is 32.1. The lowest BCUT2D eigenvalue weighted by Crippen LogP contribution is -2.05. The Labute approximate surface area is 104 Å². The molecular formula is C11H6FNO4S. The molecule has 1 aromatic carbocycles. The van der Waals surface area contributed by atoms with Gasteiger partial charge in [0.05, 0.1) is 0 Å². The molecule has 0 fully saturated rings. The van der Waals surface area contributed by atoms with E-state index < -0.39 is 28.2 Å². The average Bonchev–Trinajstić information content (AvgIpc) is 2.74. The lowest BCUT2D eigenvalue weighted by Gasteiger charge is -2.01. The van der Waals surface area contributed by atoms with Crippen molar-refractivity contribution >= 4 is 23.5 Å². The molecule has 0 amide bonds. The number of halogens is 1. The van der Waals surface area contributed by atoms with Crippen LogP contribution in [0.2, 0.25) is 0 Å². The zero-order valence-corrected chi connectivity index (χ0v) is 9.57. The SMILES string of the molecule is O=C(O)c1snc(-c2ccccc2F)c1C(=O)O. The molecule has 1 heterocycles. The predicted molar refractivity (Wildman–Crippen MR) is 61.4 cm³/mol. The van der Waals surface area contributed by atoms with Gasteiger partial charge in [-0.1, -0.05) is 12.1 Å². The van der Waals surface area contributed by atoms with Gasteiger partial charge in [-0.25, -0.2) is 14.0 Å². The number of carboxylic acids is 2. The molecule has 1 aromatic heterocycles. The van der Waals surface area contributed by atoms with Crippen molar-refractivity contribution in [2.24, 2.45) is 0 Å². The van der Waals surface area contributed by atoms with Gasteiger partial charge in [-0.05, 0) is 23.7 Å². The van der Waals surface area contributed by atoms with Gasteiger partial charge in [-0.15, -0.1) is 0 Å². The summed E-state index contributed by atoms with van der Waals surface area (Å²) in [4.78, 5) is 21.5. The van der Waals surface area contributed by atoms with Crippen molar-refractivity contribution in [3.05, 3.63) is 40.5 Å². The second-order valence-corrected chi connectivity index (χ2v) is 4.10. The Balaban J connectivity index is 2.70. The van der Waals surface area contributed by atoms with Gasteiger partial charge >= 0.3 is 11.9 Å². The number of rotatable bonds is 3. The summed E-state index contributed by atoms with van der Waals surface area (Å²) in [6, 6.07) is 5.47. The molecule has 92 valence electrons. The van der Waals surface area contributed by atoms with E-state index in [1.165, 1.54) is 18.2 Å². The Morgan fingerprint density at radius 2 is 1.83 bits per heavy atom. The molecule has 0 unspecified atom stereocenters. The molecule has 2 aromatic rings. The molecule has 5 nitrogen and oxygen atoms in total. The molecule has 2 N–H and O–H groups in total. The maximum atomic E-state index is 13.6. The topological polar surface area (TPSA) is 87.5 Å². The zero-order valence-electron chi connectivity index (χ0n) is 8.75. The maximum absolute atomic E-state index is 13.6. The summed E-state index contributed by atoms with van der Waals surface area (Å²) in [5, 5.41) is 17.9. The number of hydrogen-bond donors (Lipinski definition) is 2. The second-order valence-electron chi connectivity index (χ2n) is 3.33. The molecular weight excluding hydrogens is 261 g/mol. The fourth-order valence-corrected chi connectivity index (χ4v) is 2.20. The standard InChI is InChI=1S/C11H6FNO4S/c12-6-4-2-1-3-5(6)8-7(10(14)15)9(11(16)17)18-13-8/h1-4H,(H,14,15)(H,16,17). The molecule has 2 rings (SSSR count). The van der Waals surface area contributed by atoms with Crippen molar-refractivity contribution < 1.29 is 24.2 Å². The van der Waals surface area contributed by atoms with E-state index in [0.29, 0.717) is 11.5 Å². The normalized spacial score (nSPS) is 10.3. The largest absolute Gasteiger partial charge is 0.478 e. The summed E-state index contributed by atoms with van der Waals surface area (Å²) in [5.41, 5.74) is -0.681. The maximum Gasteiger partial charge on any atom is 0.348 e. The van der Waals surface area contributed by atoms with E-state index in [9.17, 15) is 14.0 Å². The minimum atomic E-state index is -1.44. The van der Waals surface area contributed by atoms with Gasteiger partial charge in [0.2, 0.25) is 0 Å². The number of benzene rings is 1. The van der Waals surface area contributed by atoms with Gasteiger partial charge < -0.3 is 10.2 Å². The molecule has 0 radical (unpaired) electrons. The van der Waals surface area contributed by atoms with Crippen LogP contribution >= 0.6 is 11.5 Å². The predicted octanol–water partition coefficient (Wildman–Crippen LogP) is 2.35. The van der Waals surface area contributed by atoms with Crippen LogP contribution in [0.3, 0.4) is 0 Å². The van der Waals surface area contributed by atoms with Gasteiger partial charge in [0.15, 0.2) is 0 Å². The first kappa shape index (κ1) is 12.2. The van der Waals surface area contributed by atoms with Gasteiger partial charge in [0, 0.05) is 5.56 Å². The van der Waals surface area contributed by atoms with E-state index in [2.05, 4.69) is 4.37 Å². The summed E-state index contributed by atoms with van der Waals surface area (Å²) in [5.74, 6) is -3.49. The van der Waals surface area contributed by atoms with Crippen molar-refractivity contribution in [1.82, 2.24) is 4.37 Å². The third-order valence-electron chi connectivity index (χ3n) is 2.23. The summed E-state index contributed by atoms with van der Waals surface area (Å²) in [7, 11) is 0. The Bertz CT molecular complexity index is 638. The van der Waals surface area contributed by atoms with Crippen molar-refractivity contribution in [3.8, 4) is 11.3 Å². The van der Waals surface area contributed by atoms with Gasteiger partial charge in [-0.3, -0.25) is 0 Å². The molecule has 0 atom stereocenters. The second kappa shape index (κ2) is 4.53.